The minimum atomic E-state index is -0.952. The van der Waals surface area contributed by atoms with Crippen molar-refractivity contribution in [3.8, 4) is 0 Å². The van der Waals surface area contributed by atoms with E-state index >= 15 is 0 Å². The molecule has 1 aromatic heterocycles. The number of ether oxygens (including phenoxy) is 1. The number of hydrogen-bond acceptors (Lipinski definition) is 4. The van der Waals surface area contributed by atoms with Crippen LogP contribution in [0.2, 0.25) is 0 Å². The Kier molecular flexibility index (Phi) is 5.08. The van der Waals surface area contributed by atoms with Gasteiger partial charge in [-0.1, -0.05) is 24.3 Å². The summed E-state index contributed by atoms with van der Waals surface area (Å²) < 4.78 is 6.25. The van der Waals surface area contributed by atoms with Gasteiger partial charge in [0.2, 0.25) is 0 Å². The molecule has 0 unspecified atom stereocenters. The maximum atomic E-state index is 11.9. The standard InChI is InChI=1S/C16H16N2O4/c1-12(16(21)17-13-7-3-2-4-8-13)22-15(20)11-18-10-6-5-9-14(18)19/h2-10,12H,11H2,1H3,(H,17,21)/t12-/m0/s1. The Balaban J connectivity index is 1.90. The van der Waals surface area contributed by atoms with Gasteiger partial charge in [-0.2, -0.15) is 0 Å². The number of nitrogens with one attached hydrogen (secondary N) is 1. The number of nitrogens with zero attached hydrogens (tertiary/aromatic N) is 1. The normalized spacial score (nSPS) is 11.5. The average Bonchev–Trinajstić information content (AvgIpc) is 2.50. The molecule has 0 fully saturated rings. The Labute approximate surface area is 127 Å². The van der Waals surface area contributed by atoms with E-state index in [4.69, 9.17) is 4.74 Å². The van der Waals surface area contributed by atoms with E-state index < -0.39 is 18.0 Å². The van der Waals surface area contributed by atoms with E-state index in [9.17, 15) is 14.4 Å². The van der Waals surface area contributed by atoms with Crippen molar-refractivity contribution >= 4 is 17.6 Å². The van der Waals surface area contributed by atoms with Crippen LogP contribution < -0.4 is 10.9 Å². The molecule has 1 atom stereocenters. The third-order valence-electron chi connectivity index (χ3n) is 2.92. The first kappa shape index (κ1) is 15.5. The number of para-hydroxylation sites is 1. The van der Waals surface area contributed by atoms with Crippen LogP contribution >= 0.6 is 0 Å². The molecule has 0 bridgehead atoms. The second-order valence-corrected chi connectivity index (χ2v) is 4.65. The van der Waals surface area contributed by atoms with Gasteiger partial charge in [0.15, 0.2) is 6.10 Å². The number of rotatable bonds is 5. The Hall–Kier alpha value is -2.89. The van der Waals surface area contributed by atoms with Gasteiger partial charge < -0.3 is 14.6 Å². The zero-order valence-electron chi connectivity index (χ0n) is 12.1. The fraction of sp³-hybridized carbons (Fsp3) is 0.188. The number of benzene rings is 1. The largest absolute Gasteiger partial charge is 0.451 e. The molecule has 6 heteroatoms. The summed E-state index contributed by atoms with van der Waals surface area (Å²) in [5.74, 6) is -1.08. The predicted molar refractivity (Wildman–Crippen MR) is 81.3 cm³/mol. The first-order valence-corrected chi connectivity index (χ1v) is 6.77. The van der Waals surface area contributed by atoms with Gasteiger partial charge in [0.05, 0.1) is 0 Å². The molecular weight excluding hydrogens is 284 g/mol. The summed E-state index contributed by atoms with van der Waals surface area (Å²) in [5, 5.41) is 2.64. The van der Waals surface area contributed by atoms with E-state index in [0.717, 1.165) is 0 Å². The number of carbonyl (C=O) groups excluding carboxylic acids is 2. The molecule has 2 aromatic rings. The molecule has 1 N–H and O–H groups in total. The summed E-state index contributed by atoms with van der Waals surface area (Å²) in [6.45, 7) is 1.24. The number of aromatic nitrogens is 1. The second-order valence-electron chi connectivity index (χ2n) is 4.65. The lowest BCUT2D eigenvalue weighted by Crippen LogP contribution is -2.32. The molecule has 0 aliphatic rings. The van der Waals surface area contributed by atoms with Crippen molar-refractivity contribution in [2.45, 2.75) is 19.6 Å². The molecule has 1 heterocycles. The second kappa shape index (κ2) is 7.21. The minimum Gasteiger partial charge on any atom is -0.451 e. The van der Waals surface area contributed by atoms with Gasteiger partial charge in [-0.15, -0.1) is 0 Å². The molecule has 0 saturated heterocycles. The zero-order chi connectivity index (χ0) is 15.9. The van der Waals surface area contributed by atoms with Gasteiger partial charge in [-0.25, -0.2) is 0 Å². The number of amides is 1. The maximum absolute atomic E-state index is 11.9. The average molecular weight is 300 g/mol. The summed E-state index contributed by atoms with van der Waals surface area (Å²) in [4.78, 5) is 35.2. The first-order chi connectivity index (χ1) is 10.6. The van der Waals surface area contributed by atoms with E-state index in [-0.39, 0.29) is 12.1 Å². The summed E-state index contributed by atoms with van der Waals surface area (Å²) in [5.41, 5.74) is 0.315. The zero-order valence-corrected chi connectivity index (χ0v) is 12.1. The highest BCUT2D eigenvalue weighted by atomic mass is 16.5. The molecular formula is C16H16N2O4. The van der Waals surface area contributed by atoms with Gasteiger partial charge in [0.1, 0.15) is 6.54 Å². The van der Waals surface area contributed by atoms with Crippen LogP contribution in [0.4, 0.5) is 5.69 Å². The van der Waals surface area contributed by atoms with Gasteiger partial charge in [0.25, 0.3) is 11.5 Å². The number of esters is 1. The lowest BCUT2D eigenvalue weighted by atomic mass is 10.3. The molecule has 0 spiro atoms. The number of hydrogen-bond donors (Lipinski definition) is 1. The van der Waals surface area contributed by atoms with Crippen molar-refractivity contribution in [3.05, 3.63) is 65.1 Å². The highest BCUT2D eigenvalue weighted by molar-refractivity contribution is 5.95. The molecule has 0 aliphatic carbocycles. The minimum absolute atomic E-state index is 0.234. The number of pyridine rings is 1. The van der Waals surface area contributed by atoms with Crippen LogP contribution in [0.1, 0.15) is 6.92 Å². The van der Waals surface area contributed by atoms with Crippen molar-refractivity contribution in [2.75, 3.05) is 5.32 Å². The highest BCUT2D eigenvalue weighted by Crippen LogP contribution is 2.06. The molecule has 114 valence electrons. The van der Waals surface area contributed by atoms with Crippen LogP contribution in [0.3, 0.4) is 0 Å². The number of anilines is 1. The summed E-state index contributed by atoms with van der Waals surface area (Å²) in [6, 6.07) is 13.4. The molecule has 0 aliphatic heterocycles. The maximum Gasteiger partial charge on any atom is 0.326 e. The van der Waals surface area contributed by atoms with Crippen LogP contribution in [0.25, 0.3) is 0 Å². The third kappa shape index (κ3) is 4.31. The van der Waals surface area contributed by atoms with Gasteiger partial charge >= 0.3 is 5.97 Å². The Morgan fingerprint density at radius 3 is 2.50 bits per heavy atom. The molecule has 6 nitrogen and oxygen atoms in total. The van der Waals surface area contributed by atoms with Gasteiger partial charge in [-0.3, -0.25) is 14.4 Å². The Morgan fingerprint density at radius 2 is 1.82 bits per heavy atom. The van der Waals surface area contributed by atoms with Crippen LogP contribution in [-0.2, 0) is 20.9 Å². The van der Waals surface area contributed by atoms with Crippen molar-refractivity contribution in [1.82, 2.24) is 4.57 Å². The van der Waals surface area contributed by atoms with Crippen molar-refractivity contribution in [1.29, 1.82) is 0 Å². The van der Waals surface area contributed by atoms with E-state index in [1.165, 1.54) is 23.8 Å². The van der Waals surface area contributed by atoms with E-state index in [1.54, 1.807) is 36.4 Å². The van der Waals surface area contributed by atoms with E-state index in [2.05, 4.69) is 5.32 Å². The summed E-state index contributed by atoms with van der Waals surface area (Å²) in [7, 11) is 0. The predicted octanol–water partition coefficient (Wildman–Crippen LogP) is 1.42. The number of carbonyl (C=O) groups is 2. The molecule has 0 saturated carbocycles. The molecule has 0 radical (unpaired) electrons. The van der Waals surface area contributed by atoms with Crippen molar-refractivity contribution in [2.24, 2.45) is 0 Å². The summed E-state index contributed by atoms with van der Waals surface area (Å²) in [6.07, 6.45) is 0.533. The lowest BCUT2D eigenvalue weighted by molar-refractivity contribution is -0.153. The smallest absolute Gasteiger partial charge is 0.326 e. The third-order valence-corrected chi connectivity index (χ3v) is 2.92. The van der Waals surface area contributed by atoms with Crippen LogP contribution in [0, 0.1) is 0 Å². The Morgan fingerprint density at radius 1 is 1.14 bits per heavy atom. The fourth-order valence-electron chi connectivity index (χ4n) is 1.78. The highest BCUT2D eigenvalue weighted by Gasteiger charge is 2.18. The first-order valence-electron chi connectivity index (χ1n) is 6.77. The quantitative estimate of drug-likeness (QED) is 0.847. The molecule has 22 heavy (non-hydrogen) atoms. The lowest BCUT2D eigenvalue weighted by Gasteiger charge is -2.14. The monoisotopic (exact) mass is 300 g/mol. The van der Waals surface area contributed by atoms with Crippen LogP contribution in [-0.4, -0.2) is 22.5 Å². The van der Waals surface area contributed by atoms with Crippen molar-refractivity contribution < 1.29 is 14.3 Å². The van der Waals surface area contributed by atoms with Crippen LogP contribution in [0.15, 0.2) is 59.5 Å². The SMILES string of the molecule is C[C@H](OC(=O)Cn1ccccc1=O)C(=O)Nc1ccccc1. The molecule has 1 amide bonds. The molecule has 1 aromatic carbocycles. The molecule has 2 rings (SSSR count). The summed E-state index contributed by atoms with van der Waals surface area (Å²) >= 11 is 0. The van der Waals surface area contributed by atoms with Gasteiger partial charge in [-0.05, 0) is 25.1 Å². The van der Waals surface area contributed by atoms with Crippen molar-refractivity contribution in [3.63, 3.8) is 0 Å². The van der Waals surface area contributed by atoms with E-state index in [1.807, 2.05) is 6.07 Å². The fourth-order valence-corrected chi connectivity index (χ4v) is 1.78. The van der Waals surface area contributed by atoms with Gasteiger partial charge in [0, 0.05) is 18.0 Å². The van der Waals surface area contributed by atoms with Crippen LogP contribution in [0.5, 0.6) is 0 Å². The Bertz CT molecular complexity index is 709. The van der Waals surface area contributed by atoms with E-state index in [0.29, 0.717) is 5.69 Å². The topological polar surface area (TPSA) is 77.4 Å².